The lowest BCUT2D eigenvalue weighted by Crippen LogP contribution is -2.38. The summed E-state index contributed by atoms with van der Waals surface area (Å²) >= 11 is 1.19. The highest BCUT2D eigenvalue weighted by molar-refractivity contribution is 7.14. The van der Waals surface area contributed by atoms with E-state index in [4.69, 9.17) is 43.0 Å². The van der Waals surface area contributed by atoms with Gasteiger partial charge in [-0.1, -0.05) is 163 Å². The number of nitrogens with one attached hydrogen (secondary N) is 1. The molecule has 0 saturated carbocycles. The summed E-state index contributed by atoms with van der Waals surface area (Å²) in [6.07, 6.45) is -2.51. The van der Waals surface area contributed by atoms with E-state index in [1.807, 2.05) is 152 Å². The van der Waals surface area contributed by atoms with Gasteiger partial charge >= 0.3 is 11.9 Å². The van der Waals surface area contributed by atoms with Crippen LogP contribution in [0.25, 0.3) is 0 Å². The van der Waals surface area contributed by atoms with Gasteiger partial charge in [-0.15, -0.1) is 11.3 Å². The van der Waals surface area contributed by atoms with Crippen molar-refractivity contribution in [2.75, 3.05) is 59.5 Å². The Morgan fingerprint density at radius 3 is 1.60 bits per heavy atom. The lowest BCUT2D eigenvalue weighted by Gasteiger charge is -2.36. The minimum absolute atomic E-state index is 0.0129. The Labute approximate surface area is 398 Å². The fourth-order valence-corrected chi connectivity index (χ4v) is 7.97. The first kappa shape index (κ1) is 48.5. The quantitative estimate of drug-likeness (QED) is 0.0132. The van der Waals surface area contributed by atoms with Gasteiger partial charge in [0.15, 0.2) is 36.3 Å². The molecule has 68 heavy (non-hydrogen) atoms. The molecule has 1 heterocycles. The third kappa shape index (κ3) is 12.5. The lowest BCUT2D eigenvalue weighted by molar-refractivity contribution is -0.162. The molecule has 0 saturated heterocycles. The Hall–Kier alpha value is -7.40. The molecule has 1 atom stereocenters. The standard InChI is InChI=1S/C53H51N3O11S/c1-60-30-32-62-36-64-45-29-28-40(34-46(45)65-37-63-33-31-61-2)49(51(59)66-48(38-18-8-3-9-19-38)39-20-10-4-11-21-39)67-56-47(50(57)58)44-35-68-52(54-44)55-53(41-22-12-5-13-23-41,42-24-14-6-15-25-42)43-26-16-7-17-27-43/h3-29,34-35,48-49H,30-33,36-37H2,1-2H3,(H,54,55)(H,57,58)/t49-/m0/s1. The van der Waals surface area contributed by atoms with Crippen molar-refractivity contribution in [3.63, 3.8) is 0 Å². The van der Waals surface area contributed by atoms with Crippen molar-refractivity contribution in [2.45, 2.75) is 17.7 Å². The fraction of sp³-hybridized carbons (Fsp3) is 0.208. The number of anilines is 1. The van der Waals surface area contributed by atoms with E-state index >= 15 is 0 Å². The Bertz CT molecular complexity index is 2520. The molecule has 0 spiro atoms. The van der Waals surface area contributed by atoms with Gasteiger partial charge < -0.3 is 48.4 Å². The number of carboxylic acids is 1. The van der Waals surface area contributed by atoms with Gasteiger partial charge in [0.25, 0.3) is 0 Å². The molecule has 0 fully saturated rings. The number of hydrogen-bond acceptors (Lipinski definition) is 14. The Balaban J connectivity index is 1.26. The molecule has 0 aliphatic heterocycles. The number of ether oxygens (including phenoxy) is 7. The average Bonchev–Trinajstić information content (AvgIpc) is 3.85. The summed E-state index contributed by atoms with van der Waals surface area (Å²) in [7, 11) is 3.12. The monoisotopic (exact) mass is 937 g/mol. The summed E-state index contributed by atoms with van der Waals surface area (Å²) in [5, 5.41) is 20.5. The number of nitrogens with zero attached hydrogens (tertiary/aromatic N) is 2. The van der Waals surface area contributed by atoms with E-state index in [2.05, 4.69) is 10.5 Å². The highest BCUT2D eigenvalue weighted by Gasteiger charge is 2.38. The fourth-order valence-electron chi connectivity index (χ4n) is 7.22. The second-order valence-electron chi connectivity index (χ2n) is 14.9. The molecule has 0 aliphatic carbocycles. The van der Waals surface area contributed by atoms with E-state index in [0.29, 0.717) is 29.5 Å². The van der Waals surface area contributed by atoms with Crippen LogP contribution < -0.4 is 14.8 Å². The smallest absolute Gasteiger partial charge is 0.360 e. The van der Waals surface area contributed by atoms with Crippen molar-refractivity contribution in [2.24, 2.45) is 5.16 Å². The molecule has 7 rings (SSSR count). The molecule has 2 N–H and O–H groups in total. The minimum Gasteiger partial charge on any atom is -0.476 e. The number of oxime groups is 1. The first-order valence-electron chi connectivity index (χ1n) is 21.6. The molecule has 0 aliphatic rings. The van der Waals surface area contributed by atoms with Crippen LogP contribution in [0.2, 0.25) is 0 Å². The van der Waals surface area contributed by atoms with Crippen LogP contribution in [0.15, 0.2) is 180 Å². The van der Waals surface area contributed by atoms with Crippen LogP contribution in [0.3, 0.4) is 0 Å². The van der Waals surface area contributed by atoms with Crippen LogP contribution in [-0.2, 0) is 43.6 Å². The number of carbonyl (C=O) groups is 2. The molecule has 14 nitrogen and oxygen atoms in total. The lowest BCUT2D eigenvalue weighted by atomic mass is 9.77. The van der Waals surface area contributed by atoms with E-state index in [0.717, 1.165) is 16.7 Å². The van der Waals surface area contributed by atoms with Gasteiger partial charge in [-0.2, -0.15) is 0 Å². The highest BCUT2D eigenvalue weighted by atomic mass is 32.1. The van der Waals surface area contributed by atoms with Gasteiger partial charge in [-0.3, -0.25) is 0 Å². The molecule has 0 unspecified atom stereocenters. The largest absolute Gasteiger partial charge is 0.476 e. The summed E-state index contributed by atoms with van der Waals surface area (Å²) in [5.41, 5.74) is 2.84. The van der Waals surface area contributed by atoms with Crippen molar-refractivity contribution in [1.82, 2.24) is 4.98 Å². The number of esters is 1. The number of methoxy groups -OCH3 is 2. The molecular weight excluding hydrogens is 887 g/mol. The molecule has 350 valence electrons. The van der Waals surface area contributed by atoms with Crippen LogP contribution in [0.4, 0.5) is 5.13 Å². The molecule has 7 aromatic rings. The average molecular weight is 938 g/mol. The van der Waals surface area contributed by atoms with Crippen molar-refractivity contribution >= 4 is 34.1 Å². The van der Waals surface area contributed by atoms with Crippen LogP contribution >= 0.6 is 11.3 Å². The van der Waals surface area contributed by atoms with Gasteiger partial charge in [0, 0.05) is 25.2 Å². The topological polar surface area (TPSA) is 165 Å². The minimum atomic E-state index is -1.64. The van der Waals surface area contributed by atoms with E-state index in [-0.39, 0.29) is 49.6 Å². The maximum atomic E-state index is 14.7. The zero-order valence-electron chi connectivity index (χ0n) is 37.5. The summed E-state index contributed by atoms with van der Waals surface area (Å²) < 4.78 is 39.4. The predicted molar refractivity (Wildman–Crippen MR) is 257 cm³/mol. The van der Waals surface area contributed by atoms with Crippen molar-refractivity contribution in [3.8, 4) is 11.5 Å². The van der Waals surface area contributed by atoms with E-state index < -0.39 is 35.4 Å². The molecule has 1 aromatic heterocycles. The van der Waals surface area contributed by atoms with Crippen LogP contribution in [0, 0.1) is 0 Å². The number of benzene rings is 6. The number of rotatable bonds is 26. The molecular formula is C53H51N3O11S. The third-order valence-corrected chi connectivity index (χ3v) is 11.3. The van der Waals surface area contributed by atoms with Gasteiger partial charge in [0.2, 0.25) is 11.8 Å². The Morgan fingerprint density at radius 1 is 0.632 bits per heavy atom. The maximum absolute atomic E-state index is 14.7. The molecule has 0 bridgehead atoms. The van der Waals surface area contributed by atoms with Gasteiger partial charge in [0.1, 0.15) is 11.2 Å². The van der Waals surface area contributed by atoms with Gasteiger partial charge in [0.05, 0.1) is 26.4 Å². The van der Waals surface area contributed by atoms with Crippen molar-refractivity contribution in [3.05, 3.63) is 214 Å². The zero-order chi connectivity index (χ0) is 47.4. The van der Waals surface area contributed by atoms with E-state index in [9.17, 15) is 14.7 Å². The number of carbonyl (C=O) groups excluding carboxylic acids is 1. The number of thiazole rings is 1. The summed E-state index contributed by atoms with van der Waals surface area (Å²) in [6.45, 7) is 0.889. The van der Waals surface area contributed by atoms with Gasteiger partial charge in [-0.25, -0.2) is 14.6 Å². The number of hydrogen-bond donors (Lipinski definition) is 2. The molecule has 6 aromatic carbocycles. The zero-order valence-corrected chi connectivity index (χ0v) is 38.3. The van der Waals surface area contributed by atoms with E-state index in [1.165, 1.54) is 17.4 Å². The van der Waals surface area contributed by atoms with Crippen LogP contribution in [0.1, 0.15) is 51.3 Å². The van der Waals surface area contributed by atoms with Crippen LogP contribution in [-0.4, -0.2) is 82.0 Å². The summed E-state index contributed by atoms with van der Waals surface area (Å²) in [6, 6.07) is 52.9. The molecule has 15 heteroatoms. The van der Waals surface area contributed by atoms with Crippen molar-refractivity contribution < 1.29 is 52.7 Å². The Kier molecular flexibility index (Phi) is 17.8. The first-order valence-corrected chi connectivity index (χ1v) is 22.5. The van der Waals surface area contributed by atoms with E-state index in [1.54, 1.807) is 31.7 Å². The summed E-state index contributed by atoms with van der Waals surface area (Å²) in [5.74, 6) is -1.91. The number of carboxylic acid groups (broad SMARTS) is 1. The Morgan fingerprint density at radius 2 is 1.12 bits per heavy atom. The SMILES string of the molecule is COCCOCOc1ccc([C@H](ON=C(C(=O)O)c2csc(NC(c3ccccc3)(c3ccccc3)c3ccccc3)n2)C(=O)OC(c2ccccc2)c2ccccc2)cc1OCOCCOC. The number of aromatic nitrogens is 1. The molecule has 0 radical (unpaired) electrons. The first-order chi connectivity index (χ1) is 33.4. The molecule has 0 amide bonds. The van der Waals surface area contributed by atoms with Gasteiger partial charge in [-0.05, 0) is 39.9 Å². The number of aliphatic carboxylic acids is 1. The highest BCUT2D eigenvalue weighted by Crippen LogP contribution is 2.41. The third-order valence-electron chi connectivity index (χ3n) is 10.5. The van der Waals surface area contributed by atoms with Crippen LogP contribution in [0.5, 0.6) is 11.5 Å². The maximum Gasteiger partial charge on any atom is 0.360 e. The summed E-state index contributed by atoms with van der Waals surface area (Å²) in [4.78, 5) is 38.6. The predicted octanol–water partition coefficient (Wildman–Crippen LogP) is 9.43. The van der Waals surface area contributed by atoms with Crippen molar-refractivity contribution in [1.29, 1.82) is 0 Å². The normalized spacial score (nSPS) is 12.0. The second-order valence-corrected chi connectivity index (χ2v) is 15.8. The second kappa shape index (κ2) is 24.9.